The molecule has 0 aliphatic heterocycles. The summed E-state index contributed by atoms with van der Waals surface area (Å²) in [5, 5.41) is 0.797. The summed E-state index contributed by atoms with van der Waals surface area (Å²) in [7, 11) is -3.55. The van der Waals surface area contributed by atoms with Gasteiger partial charge < -0.3 is 4.98 Å². The van der Waals surface area contributed by atoms with Gasteiger partial charge in [0.2, 0.25) is 0 Å². The summed E-state index contributed by atoms with van der Waals surface area (Å²) in [5.74, 6) is 0.102. The van der Waals surface area contributed by atoms with Gasteiger partial charge in [-0.1, -0.05) is 34.6 Å². The first-order chi connectivity index (χ1) is 10.9. The molecule has 0 radical (unpaired) electrons. The topological polar surface area (TPSA) is 59.2 Å². The van der Waals surface area contributed by atoms with Crippen molar-refractivity contribution in [2.75, 3.05) is 6.26 Å². The number of fused-ring (bicyclic) bond motifs is 1. The van der Waals surface area contributed by atoms with Crippen molar-refractivity contribution in [3.05, 3.63) is 34.8 Å². The zero-order valence-electron chi connectivity index (χ0n) is 15.2. The molecule has 6 heteroatoms. The molecule has 134 valence electrons. The molecule has 0 spiro atoms. The van der Waals surface area contributed by atoms with E-state index in [0.717, 1.165) is 34.7 Å². The molecule has 2 aromatic rings. The molecule has 1 heterocycles. The van der Waals surface area contributed by atoms with Crippen LogP contribution in [0.4, 0.5) is 4.39 Å². The molecule has 0 aliphatic rings. The predicted octanol–water partition coefficient (Wildman–Crippen LogP) is 4.28. The smallest absolute Gasteiger partial charge is 0.264 e. The van der Waals surface area contributed by atoms with Crippen LogP contribution in [0, 0.1) is 11.7 Å². The fraction of sp³-hybridized carbons (Fsp3) is 0.556. The third-order valence-corrected chi connectivity index (χ3v) is 4.37. The fourth-order valence-corrected chi connectivity index (χ4v) is 3.45. The van der Waals surface area contributed by atoms with Crippen molar-refractivity contribution in [2.24, 2.45) is 5.92 Å². The molecule has 0 aliphatic carbocycles. The SMILES string of the molecule is CC(C)Cc1cc(F)cc2c(C(C)(C)C)c(COS(C)(=O)=O)[nH]c12. The van der Waals surface area contributed by atoms with Crippen LogP contribution in [0.2, 0.25) is 0 Å². The lowest BCUT2D eigenvalue weighted by atomic mass is 9.84. The van der Waals surface area contributed by atoms with Crippen LogP contribution in [-0.4, -0.2) is 19.7 Å². The van der Waals surface area contributed by atoms with E-state index in [1.165, 1.54) is 6.07 Å². The van der Waals surface area contributed by atoms with E-state index in [4.69, 9.17) is 4.18 Å². The molecule has 0 saturated carbocycles. The van der Waals surface area contributed by atoms with Gasteiger partial charge in [0.15, 0.2) is 0 Å². The van der Waals surface area contributed by atoms with Crippen LogP contribution in [0.1, 0.15) is 51.4 Å². The summed E-state index contributed by atoms with van der Waals surface area (Å²) < 4.78 is 41.8. The molecule has 0 atom stereocenters. The number of benzene rings is 1. The van der Waals surface area contributed by atoms with Gasteiger partial charge in [0.05, 0.1) is 6.26 Å². The van der Waals surface area contributed by atoms with Crippen LogP contribution in [0.5, 0.6) is 0 Å². The van der Waals surface area contributed by atoms with Crippen molar-refractivity contribution in [3.8, 4) is 0 Å². The van der Waals surface area contributed by atoms with Crippen LogP contribution < -0.4 is 0 Å². The Bertz CT molecular complexity index is 845. The van der Waals surface area contributed by atoms with E-state index in [2.05, 4.69) is 18.8 Å². The summed E-state index contributed by atoms with van der Waals surface area (Å²) >= 11 is 0. The molecule has 4 nitrogen and oxygen atoms in total. The standard InChI is InChI=1S/C18H26FNO3S/c1-11(2)7-12-8-13(19)9-14-16(18(3,4)5)15(20-17(12)14)10-23-24(6,21)22/h8-9,11,20H,7,10H2,1-6H3. The highest BCUT2D eigenvalue weighted by molar-refractivity contribution is 7.85. The second kappa shape index (κ2) is 6.48. The third-order valence-electron chi connectivity index (χ3n) is 3.83. The van der Waals surface area contributed by atoms with E-state index >= 15 is 0 Å². The third kappa shape index (κ3) is 4.36. The molecule has 0 unspecified atom stereocenters. The number of rotatable bonds is 5. The van der Waals surface area contributed by atoms with Gasteiger partial charge in [-0.05, 0) is 41.0 Å². The Morgan fingerprint density at radius 2 is 1.88 bits per heavy atom. The van der Waals surface area contributed by atoms with Crippen molar-refractivity contribution in [1.82, 2.24) is 4.98 Å². The number of nitrogens with one attached hydrogen (secondary N) is 1. The minimum absolute atomic E-state index is 0.0805. The van der Waals surface area contributed by atoms with E-state index in [1.54, 1.807) is 6.07 Å². The van der Waals surface area contributed by atoms with Gasteiger partial charge in [-0.2, -0.15) is 8.42 Å². The summed E-state index contributed by atoms with van der Waals surface area (Å²) in [4.78, 5) is 3.29. The van der Waals surface area contributed by atoms with E-state index in [9.17, 15) is 12.8 Å². The Balaban J connectivity index is 2.68. The van der Waals surface area contributed by atoms with Gasteiger partial charge in [-0.15, -0.1) is 0 Å². The van der Waals surface area contributed by atoms with Crippen molar-refractivity contribution >= 4 is 21.0 Å². The number of hydrogen-bond donors (Lipinski definition) is 1. The average molecular weight is 355 g/mol. The van der Waals surface area contributed by atoms with E-state index in [0.29, 0.717) is 11.6 Å². The second-order valence-electron chi connectivity index (χ2n) is 7.78. The van der Waals surface area contributed by atoms with Gasteiger partial charge >= 0.3 is 0 Å². The molecule has 0 amide bonds. The average Bonchev–Trinajstić information content (AvgIpc) is 2.73. The number of aromatic amines is 1. The Labute approximate surface area is 143 Å². The van der Waals surface area contributed by atoms with Crippen LogP contribution in [0.25, 0.3) is 10.9 Å². The van der Waals surface area contributed by atoms with Gasteiger partial charge in [0, 0.05) is 16.6 Å². The van der Waals surface area contributed by atoms with Crippen molar-refractivity contribution in [2.45, 2.75) is 53.1 Å². The minimum Gasteiger partial charge on any atom is -0.356 e. The van der Waals surface area contributed by atoms with E-state index in [1.807, 2.05) is 20.8 Å². The lowest BCUT2D eigenvalue weighted by Gasteiger charge is -2.20. The maximum atomic E-state index is 14.2. The molecular formula is C18H26FNO3S. The first kappa shape index (κ1) is 18.9. The molecule has 1 aromatic heterocycles. The molecular weight excluding hydrogens is 329 g/mol. The summed E-state index contributed by atoms with van der Waals surface area (Å²) in [5.41, 5.74) is 3.06. The molecule has 0 saturated heterocycles. The highest BCUT2D eigenvalue weighted by atomic mass is 32.2. The Morgan fingerprint density at radius 3 is 2.38 bits per heavy atom. The zero-order chi connectivity index (χ0) is 18.3. The normalized spacial score (nSPS) is 13.2. The second-order valence-corrected chi connectivity index (χ2v) is 9.42. The zero-order valence-corrected chi connectivity index (χ0v) is 16.0. The Morgan fingerprint density at radius 1 is 1.25 bits per heavy atom. The largest absolute Gasteiger partial charge is 0.356 e. The van der Waals surface area contributed by atoms with E-state index < -0.39 is 10.1 Å². The van der Waals surface area contributed by atoms with E-state index in [-0.39, 0.29) is 17.8 Å². The highest BCUT2D eigenvalue weighted by Crippen LogP contribution is 2.36. The quantitative estimate of drug-likeness (QED) is 0.815. The Kier molecular flexibility index (Phi) is 5.11. The molecule has 2 rings (SSSR count). The van der Waals surface area contributed by atoms with Crippen LogP contribution >= 0.6 is 0 Å². The number of aromatic nitrogens is 1. The summed E-state index contributed by atoms with van der Waals surface area (Å²) in [6.45, 7) is 10.1. The monoisotopic (exact) mass is 355 g/mol. The van der Waals surface area contributed by atoms with Crippen molar-refractivity contribution in [1.29, 1.82) is 0 Å². The van der Waals surface area contributed by atoms with Gasteiger partial charge in [0.1, 0.15) is 12.4 Å². The molecule has 0 bridgehead atoms. The van der Waals surface area contributed by atoms with Gasteiger partial charge in [0.25, 0.3) is 10.1 Å². The van der Waals surface area contributed by atoms with Crippen molar-refractivity contribution in [3.63, 3.8) is 0 Å². The van der Waals surface area contributed by atoms with Gasteiger partial charge in [-0.25, -0.2) is 4.39 Å². The number of hydrogen-bond acceptors (Lipinski definition) is 3. The Hall–Kier alpha value is -1.40. The number of H-pyrrole nitrogens is 1. The van der Waals surface area contributed by atoms with Crippen molar-refractivity contribution < 1.29 is 17.0 Å². The van der Waals surface area contributed by atoms with Crippen LogP contribution in [-0.2, 0) is 32.7 Å². The van der Waals surface area contributed by atoms with Crippen LogP contribution in [0.15, 0.2) is 12.1 Å². The maximum absolute atomic E-state index is 14.2. The lowest BCUT2D eigenvalue weighted by molar-refractivity contribution is 0.305. The predicted molar refractivity (Wildman–Crippen MR) is 95.1 cm³/mol. The highest BCUT2D eigenvalue weighted by Gasteiger charge is 2.25. The molecule has 1 N–H and O–H groups in total. The first-order valence-electron chi connectivity index (χ1n) is 8.06. The fourth-order valence-electron chi connectivity index (χ4n) is 3.12. The van der Waals surface area contributed by atoms with Gasteiger partial charge in [-0.3, -0.25) is 4.18 Å². The molecule has 24 heavy (non-hydrogen) atoms. The minimum atomic E-state index is -3.55. The number of halogens is 1. The summed E-state index contributed by atoms with van der Waals surface area (Å²) in [6.07, 6.45) is 1.76. The maximum Gasteiger partial charge on any atom is 0.264 e. The molecule has 1 aromatic carbocycles. The molecule has 0 fully saturated rings. The lowest BCUT2D eigenvalue weighted by Crippen LogP contribution is -2.15. The summed E-state index contributed by atoms with van der Waals surface area (Å²) in [6, 6.07) is 3.06. The van der Waals surface area contributed by atoms with Crippen LogP contribution in [0.3, 0.4) is 0 Å². The first-order valence-corrected chi connectivity index (χ1v) is 9.88.